The standard InChI is InChI=1S/C14H19N3O2/c1-17(14(19)13-8-15-2-3-16-13)11-4-9-6-12(18)7-10(9)5-11/h2-3,8-12,18H,4-7H2,1H3/t9-,10+,11?,12?. The fraction of sp³-hybridized carbons (Fsp3) is 0.643. The molecule has 5 nitrogen and oxygen atoms in total. The van der Waals surface area contributed by atoms with Gasteiger partial charge in [-0.2, -0.15) is 0 Å². The van der Waals surface area contributed by atoms with Crippen molar-refractivity contribution in [1.29, 1.82) is 0 Å². The van der Waals surface area contributed by atoms with Gasteiger partial charge in [0.2, 0.25) is 0 Å². The lowest BCUT2D eigenvalue weighted by molar-refractivity contribution is 0.0716. The molecule has 0 aliphatic heterocycles. The average Bonchev–Trinajstić information content (AvgIpc) is 2.95. The fourth-order valence-corrected chi connectivity index (χ4v) is 3.62. The lowest BCUT2D eigenvalue weighted by atomic mass is 10.0. The minimum Gasteiger partial charge on any atom is -0.393 e. The summed E-state index contributed by atoms with van der Waals surface area (Å²) in [6.07, 6.45) is 8.30. The van der Waals surface area contributed by atoms with Crippen LogP contribution in [0.15, 0.2) is 18.6 Å². The van der Waals surface area contributed by atoms with Crippen LogP contribution >= 0.6 is 0 Å². The fourth-order valence-electron chi connectivity index (χ4n) is 3.62. The molecule has 3 rings (SSSR count). The molecule has 1 heterocycles. The molecule has 0 bridgehead atoms. The van der Waals surface area contributed by atoms with Crippen LogP contribution in [0.2, 0.25) is 0 Å². The SMILES string of the molecule is CN(C(=O)c1cnccn1)C1C[C@H]2CC(O)C[C@H]2C1. The summed E-state index contributed by atoms with van der Waals surface area (Å²) >= 11 is 0. The Kier molecular flexibility index (Phi) is 3.22. The lowest BCUT2D eigenvalue weighted by Gasteiger charge is -2.25. The summed E-state index contributed by atoms with van der Waals surface area (Å²) < 4.78 is 0. The van der Waals surface area contributed by atoms with Gasteiger partial charge in [-0.05, 0) is 37.5 Å². The van der Waals surface area contributed by atoms with Crippen molar-refractivity contribution in [2.45, 2.75) is 37.8 Å². The molecule has 1 aromatic rings. The number of aliphatic hydroxyl groups is 1. The molecule has 102 valence electrons. The highest BCUT2D eigenvalue weighted by Crippen LogP contribution is 2.45. The van der Waals surface area contributed by atoms with E-state index in [1.165, 1.54) is 6.20 Å². The maximum Gasteiger partial charge on any atom is 0.274 e. The molecule has 2 aliphatic carbocycles. The number of fused-ring (bicyclic) bond motifs is 1. The molecule has 1 N–H and O–H groups in total. The molecular formula is C14H19N3O2. The van der Waals surface area contributed by atoms with Crippen molar-refractivity contribution >= 4 is 5.91 Å². The van der Waals surface area contributed by atoms with Gasteiger partial charge in [0.05, 0.1) is 12.3 Å². The van der Waals surface area contributed by atoms with Gasteiger partial charge in [0.1, 0.15) is 5.69 Å². The quantitative estimate of drug-likeness (QED) is 0.865. The topological polar surface area (TPSA) is 66.3 Å². The van der Waals surface area contributed by atoms with Gasteiger partial charge in [-0.25, -0.2) is 4.98 Å². The van der Waals surface area contributed by atoms with Crippen LogP contribution in [-0.2, 0) is 0 Å². The van der Waals surface area contributed by atoms with E-state index >= 15 is 0 Å². The number of hydrogen-bond acceptors (Lipinski definition) is 4. The Morgan fingerprint density at radius 2 is 1.95 bits per heavy atom. The Balaban J connectivity index is 1.66. The van der Waals surface area contributed by atoms with Crippen molar-refractivity contribution in [3.8, 4) is 0 Å². The smallest absolute Gasteiger partial charge is 0.274 e. The van der Waals surface area contributed by atoms with E-state index in [0.29, 0.717) is 17.5 Å². The number of carbonyl (C=O) groups is 1. The molecule has 0 radical (unpaired) electrons. The minimum absolute atomic E-state index is 0.0568. The first-order valence-electron chi connectivity index (χ1n) is 6.86. The van der Waals surface area contributed by atoms with Crippen LogP contribution in [0.4, 0.5) is 0 Å². The van der Waals surface area contributed by atoms with E-state index in [4.69, 9.17) is 0 Å². The first-order valence-corrected chi connectivity index (χ1v) is 6.86. The Labute approximate surface area is 112 Å². The molecule has 2 saturated carbocycles. The molecule has 0 saturated heterocycles. The molecular weight excluding hydrogens is 242 g/mol. The second kappa shape index (κ2) is 4.89. The monoisotopic (exact) mass is 261 g/mol. The third-order valence-corrected chi connectivity index (χ3v) is 4.62. The van der Waals surface area contributed by atoms with E-state index < -0.39 is 0 Å². The van der Waals surface area contributed by atoms with Crippen LogP contribution in [0.5, 0.6) is 0 Å². The second-order valence-electron chi connectivity index (χ2n) is 5.78. The van der Waals surface area contributed by atoms with E-state index in [9.17, 15) is 9.90 Å². The molecule has 0 spiro atoms. The Morgan fingerprint density at radius 1 is 1.26 bits per heavy atom. The van der Waals surface area contributed by atoms with Crippen LogP contribution in [0.1, 0.15) is 36.2 Å². The molecule has 4 atom stereocenters. The Hall–Kier alpha value is -1.49. The van der Waals surface area contributed by atoms with Crippen molar-refractivity contribution in [2.75, 3.05) is 7.05 Å². The van der Waals surface area contributed by atoms with Gasteiger partial charge >= 0.3 is 0 Å². The highest BCUT2D eigenvalue weighted by molar-refractivity contribution is 5.92. The van der Waals surface area contributed by atoms with Gasteiger partial charge in [-0.3, -0.25) is 9.78 Å². The van der Waals surface area contributed by atoms with Gasteiger partial charge in [0.25, 0.3) is 5.91 Å². The number of aliphatic hydroxyl groups excluding tert-OH is 1. The summed E-state index contributed by atoms with van der Waals surface area (Å²) in [6, 6.07) is 0.275. The summed E-state index contributed by atoms with van der Waals surface area (Å²) in [5.41, 5.74) is 0.405. The molecule has 1 amide bonds. The zero-order valence-corrected chi connectivity index (χ0v) is 11.1. The Morgan fingerprint density at radius 3 is 2.53 bits per heavy atom. The Bertz CT molecular complexity index is 451. The van der Waals surface area contributed by atoms with E-state index in [-0.39, 0.29) is 18.1 Å². The van der Waals surface area contributed by atoms with Gasteiger partial charge in [-0.1, -0.05) is 0 Å². The van der Waals surface area contributed by atoms with Crippen LogP contribution in [-0.4, -0.2) is 45.1 Å². The molecule has 19 heavy (non-hydrogen) atoms. The van der Waals surface area contributed by atoms with Crippen molar-refractivity contribution in [1.82, 2.24) is 14.9 Å². The van der Waals surface area contributed by atoms with Crippen LogP contribution in [0, 0.1) is 11.8 Å². The summed E-state index contributed by atoms with van der Waals surface area (Å²) in [4.78, 5) is 22.1. The van der Waals surface area contributed by atoms with Crippen LogP contribution in [0.3, 0.4) is 0 Å². The van der Waals surface area contributed by atoms with Crippen molar-refractivity contribution in [2.24, 2.45) is 11.8 Å². The summed E-state index contributed by atoms with van der Waals surface area (Å²) in [5.74, 6) is 1.10. The second-order valence-corrected chi connectivity index (χ2v) is 5.78. The predicted octanol–water partition coefficient (Wildman–Crippen LogP) is 1.10. The summed E-state index contributed by atoms with van der Waals surface area (Å²) in [6.45, 7) is 0. The number of amides is 1. The number of hydrogen-bond donors (Lipinski definition) is 1. The maximum absolute atomic E-state index is 12.3. The molecule has 1 aromatic heterocycles. The third kappa shape index (κ3) is 2.34. The molecule has 2 unspecified atom stereocenters. The number of aromatic nitrogens is 2. The maximum atomic E-state index is 12.3. The zero-order chi connectivity index (χ0) is 13.4. The average molecular weight is 261 g/mol. The first-order chi connectivity index (χ1) is 9.15. The van der Waals surface area contributed by atoms with Crippen LogP contribution in [0.25, 0.3) is 0 Å². The van der Waals surface area contributed by atoms with Gasteiger partial charge in [-0.15, -0.1) is 0 Å². The largest absolute Gasteiger partial charge is 0.393 e. The zero-order valence-electron chi connectivity index (χ0n) is 11.1. The molecule has 2 fully saturated rings. The van der Waals surface area contributed by atoms with Crippen molar-refractivity contribution in [3.05, 3.63) is 24.3 Å². The van der Waals surface area contributed by atoms with Gasteiger partial charge in [0.15, 0.2) is 0 Å². The first kappa shape index (κ1) is 12.5. The van der Waals surface area contributed by atoms with Crippen LogP contribution < -0.4 is 0 Å². The highest BCUT2D eigenvalue weighted by atomic mass is 16.3. The molecule has 2 aliphatic rings. The van der Waals surface area contributed by atoms with E-state index in [1.54, 1.807) is 17.3 Å². The molecule has 0 aromatic carbocycles. The number of carbonyl (C=O) groups excluding carboxylic acids is 1. The van der Waals surface area contributed by atoms with Gasteiger partial charge < -0.3 is 10.0 Å². The minimum atomic E-state index is -0.128. The number of rotatable bonds is 2. The molecule has 5 heteroatoms. The summed E-state index contributed by atoms with van der Waals surface area (Å²) in [5, 5.41) is 9.65. The third-order valence-electron chi connectivity index (χ3n) is 4.62. The van der Waals surface area contributed by atoms with Crippen molar-refractivity contribution in [3.63, 3.8) is 0 Å². The predicted molar refractivity (Wildman–Crippen MR) is 69.4 cm³/mol. The van der Waals surface area contributed by atoms with E-state index in [1.807, 2.05) is 7.05 Å². The highest BCUT2D eigenvalue weighted by Gasteiger charge is 2.43. The lowest BCUT2D eigenvalue weighted by Crippen LogP contribution is -2.36. The number of nitrogens with zero attached hydrogens (tertiary/aromatic N) is 3. The van der Waals surface area contributed by atoms with Gasteiger partial charge in [0, 0.05) is 25.5 Å². The van der Waals surface area contributed by atoms with Crippen molar-refractivity contribution < 1.29 is 9.90 Å². The normalized spacial score (nSPS) is 33.2. The van der Waals surface area contributed by atoms with E-state index in [0.717, 1.165) is 25.7 Å². The summed E-state index contributed by atoms with van der Waals surface area (Å²) in [7, 11) is 1.85. The van der Waals surface area contributed by atoms with E-state index in [2.05, 4.69) is 9.97 Å².